The molecule has 0 radical (unpaired) electrons. The number of halogens is 1. The van der Waals surface area contributed by atoms with Crippen LogP contribution in [0.5, 0.6) is 5.75 Å². The van der Waals surface area contributed by atoms with Crippen LogP contribution in [0.1, 0.15) is 0 Å². The predicted octanol–water partition coefficient (Wildman–Crippen LogP) is 3.88. The van der Waals surface area contributed by atoms with E-state index >= 15 is 0 Å². The Morgan fingerprint density at radius 1 is 1.23 bits per heavy atom. The fraction of sp³-hybridized carbons (Fsp3) is 0.0714. The van der Waals surface area contributed by atoms with Gasteiger partial charge in [0.1, 0.15) is 5.75 Å². The van der Waals surface area contributed by atoms with Gasteiger partial charge in [-0.05, 0) is 40.2 Å². The van der Waals surface area contributed by atoms with Crippen LogP contribution in [0.2, 0.25) is 0 Å². The molecular weight excluding hydrogens is 368 g/mol. The Labute approximate surface area is 137 Å². The van der Waals surface area contributed by atoms with Crippen LogP contribution in [-0.2, 0) is 0 Å². The highest BCUT2D eigenvalue weighted by Gasteiger charge is 2.16. The number of hydrogen-bond donors (Lipinski definition) is 0. The molecule has 0 aliphatic rings. The van der Waals surface area contributed by atoms with Crippen LogP contribution in [0.4, 0.5) is 0 Å². The molecule has 1 aromatic carbocycles. The third kappa shape index (κ3) is 2.20. The van der Waals surface area contributed by atoms with Crippen LogP contribution < -0.4 is 4.74 Å². The molecule has 22 heavy (non-hydrogen) atoms. The topological polar surface area (TPSA) is 65.5 Å². The summed E-state index contributed by atoms with van der Waals surface area (Å²) in [6, 6.07) is 11.3. The summed E-state index contributed by atoms with van der Waals surface area (Å²) >= 11 is 4.71. The quantitative estimate of drug-likeness (QED) is 0.542. The van der Waals surface area contributed by atoms with E-state index in [1.54, 1.807) is 11.6 Å². The van der Waals surface area contributed by atoms with Gasteiger partial charge in [0.05, 0.1) is 7.11 Å². The maximum Gasteiger partial charge on any atom is 0.235 e. The lowest BCUT2D eigenvalue weighted by Gasteiger charge is -2.01. The number of aromatic nitrogens is 4. The summed E-state index contributed by atoms with van der Waals surface area (Å²) in [5.41, 5.74) is 0.893. The number of nitrogens with zero attached hydrogens (tertiary/aromatic N) is 4. The molecule has 0 fully saturated rings. The van der Waals surface area contributed by atoms with Crippen LogP contribution >= 0.6 is 27.3 Å². The summed E-state index contributed by atoms with van der Waals surface area (Å²) in [6.07, 6.45) is 0. The van der Waals surface area contributed by atoms with Crippen molar-refractivity contribution in [1.82, 2.24) is 19.8 Å². The van der Waals surface area contributed by atoms with E-state index in [4.69, 9.17) is 9.15 Å². The first kappa shape index (κ1) is 13.5. The molecule has 0 atom stereocenters. The summed E-state index contributed by atoms with van der Waals surface area (Å²) < 4.78 is 13.2. The number of fused-ring (bicyclic) bond motifs is 1. The zero-order valence-electron chi connectivity index (χ0n) is 11.4. The van der Waals surface area contributed by atoms with E-state index < -0.39 is 0 Å². The van der Waals surface area contributed by atoms with Gasteiger partial charge in [-0.15, -0.1) is 15.3 Å². The lowest BCUT2D eigenvalue weighted by atomic mass is 10.2. The highest BCUT2D eigenvalue weighted by Crippen LogP contribution is 2.31. The van der Waals surface area contributed by atoms with Crippen molar-refractivity contribution in [3.63, 3.8) is 0 Å². The van der Waals surface area contributed by atoms with Crippen molar-refractivity contribution in [2.45, 2.75) is 0 Å². The molecule has 0 aliphatic heterocycles. The number of furan rings is 1. The van der Waals surface area contributed by atoms with E-state index in [2.05, 4.69) is 31.2 Å². The molecule has 0 aliphatic carbocycles. The standard InChI is InChI=1S/C14H9BrN4O2S/c1-20-9-4-2-3-8(7-9)12-16-17-14-19(12)18-13(22-14)10-5-6-11(15)21-10/h2-7H,1H3. The monoisotopic (exact) mass is 376 g/mol. The second-order valence-electron chi connectivity index (χ2n) is 4.46. The first-order valence-electron chi connectivity index (χ1n) is 6.37. The van der Waals surface area contributed by atoms with E-state index in [9.17, 15) is 0 Å². The van der Waals surface area contributed by atoms with E-state index in [1.165, 1.54) is 11.3 Å². The minimum atomic E-state index is 0.668. The molecule has 0 spiro atoms. The molecule has 3 aromatic heterocycles. The molecule has 8 heteroatoms. The molecule has 0 unspecified atom stereocenters. The first-order valence-corrected chi connectivity index (χ1v) is 7.98. The molecule has 0 amide bonds. The first-order chi connectivity index (χ1) is 10.7. The molecule has 3 heterocycles. The SMILES string of the molecule is COc1cccc(-c2nnc3sc(-c4ccc(Br)o4)nn23)c1. The number of ether oxygens (including phenoxy) is 1. The molecule has 110 valence electrons. The molecule has 0 N–H and O–H groups in total. The van der Waals surface area contributed by atoms with Gasteiger partial charge in [0.15, 0.2) is 21.3 Å². The predicted molar refractivity (Wildman–Crippen MR) is 86.0 cm³/mol. The van der Waals surface area contributed by atoms with Gasteiger partial charge in [-0.3, -0.25) is 0 Å². The molecular formula is C14H9BrN4O2S. The largest absolute Gasteiger partial charge is 0.497 e. The van der Waals surface area contributed by atoms with Crippen molar-refractivity contribution in [3.8, 4) is 27.9 Å². The Morgan fingerprint density at radius 3 is 2.91 bits per heavy atom. The third-order valence-corrected chi connectivity index (χ3v) is 4.44. The Hall–Kier alpha value is -2.19. The molecule has 0 saturated carbocycles. The van der Waals surface area contributed by atoms with Gasteiger partial charge >= 0.3 is 0 Å². The third-order valence-electron chi connectivity index (χ3n) is 3.10. The van der Waals surface area contributed by atoms with Gasteiger partial charge in [-0.25, -0.2) is 0 Å². The Bertz CT molecular complexity index is 959. The van der Waals surface area contributed by atoms with Gasteiger partial charge in [0, 0.05) is 5.56 Å². The van der Waals surface area contributed by atoms with Crippen LogP contribution in [-0.4, -0.2) is 26.9 Å². The molecule has 6 nitrogen and oxygen atoms in total. The Kier molecular flexibility index (Phi) is 3.20. The second-order valence-corrected chi connectivity index (χ2v) is 6.20. The summed E-state index contributed by atoms with van der Waals surface area (Å²) in [7, 11) is 1.63. The van der Waals surface area contributed by atoms with Crippen LogP contribution in [0.15, 0.2) is 45.5 Å². The van der Waals surface area contributed by atoms with Gasteiger partial charge in [-0.2, -0.15) is 4.52 Å². The summed E-state index contributed by atoms with van der Waals surface area (Å²) in [4.78, 5) is 0.709. The number of benzene rings is 1. The molecule has 0 saturated heterocycles. The summed E-state index contributed by atoms with van der Waals surface area (Å²) in [6.45, 7) is 0. The minimum Gasteiger partial charge on any atom is -0.497 e. The van der Waals surface area contributed by atoms with Gasteiger partial charge in [0.25, 0.3) is 0 Å². The van der Waals surface area contributed by atoms with E-state index in [0.29, 0.717) is 21.2 Å². The van der Waals surface area contributed by atoms with Crippen molar-refractivity contribution < 1.29 is 9.15 Å². The molecule has 4 aromatic rings. The highest BCUT2D eigenvalue weighted by molar-refractivity contribution is 9.10. The van der Waals surface area contributed by atoms with Gasteiger partial charge < -0.3 is 9.15 Å². The smallest absolute Gasteiger partial charge is 0.235 e. The number of hydrogen-bond acceptors (Lipinski definition) is 6. The van der Waals surface area contributed by atoms with Gasteiger partial charge in [-0.1, -0.05) is 23.5 Å². The molecule has 4 rings (SSSR count). The van der Waals surface area contributed by atoms with Crippen molar-refractivity contribution in [3.05, 3.63) is 41.1 Å². The fourth-order valence-corrected chi connectivity index (χ4v) is 3.20. The van der Waals surface area contributed by atoms with Crippen LogP contribution in [0.25, 0.3) is 27.1 Å². The van der Waals surface area contributed by atoms with Crippen molar-refractivity contribution in [1.29, 1.82) is 0 Å². The van der Waals surface area contributed by atoms with E-state index in [0.717, 1.165) is 16.3 Å². The number of rotatable bonds is 3. The maximum atomic E-state index is 5.53. The highest BCUT2D eigenvalue weighted by atomic mass is 79.9. The zero-order valence-corrected chi connectivity index (χ0v) is 13.8. The van der Waals surface area contributed by atoms with Crippen molar-refractivity contribution in [2.24, 2.45) is 0 Å². The van der Waals surface area contributed by atoms with Crippen LogP contribution in [0, 0.1) is 0 Å². The Morgan fingerprint density at radius 2 is 2.14 bits per heavy atom. The Balaban J connectivity index is 1.83. The molecule has 0 bridgehead atoms. The van der Waals surface area contributed by atoms with Crippen molar-refractivity contribution in [2.75, 3.05) is 7.11 Å². The second kappa shape index (κ2) is 5.22. The van der Waals surface area contributed by atoms with Crippen LogP contribution in [0.3, 0.4) is 0 Å². The normalized spacial score (nSPS) is 11.2. The minimum absolute atomic E-state index is 0.668. The summed E-state index contributed by atoms with van der Waals surface area (Å²) in [5.74, 6) is 2.13. The van der Waals surface area contributed by atoms with E-state index in [1.807, 2.05) is 36.4 Å². The maximum absolute atomic E-state index is 5.53. The van der Waals surface area contributed by atoms with E-state index in [-0.39, 0.29) is 0 Å². The lowest BCUT2D eigenvalue weighted by Crippen LogP contribution is -1.91. The fourth-order valence-electron chi connectivity index (χ4n) is 2.09. The van der Waals surface area contributed by atoms with Gasteiger partial charge in [0.2, 0.25) is 4.96 Å². The summed E-state index contributed by atoms with van der Waals surface area (Å²) in [5, 5.41) is 13.7. The lowest BCUT2D eigenvalue weighted by molar-refractivity contribution is 0.415. The average molecular weight is 377 g/mol. The average Bonchev–Trinajstić information content (AvgIpc) is 3.21. The number of methoxy groups -OCH3 is 1. The van der Waals surface area contributed by atoms with Crippen molar-refractivity contribution >= 4 is 32.2 Å². The zero-order chi connectivity index (χ0) is 15.1.